The van der Waals surface area contributed by atoms with E-state index >= 15 is 0 Å². The number of amides is 2. The van der Waals surface area contributed by atoms with Gasteiger partial charge in [0, 0.05) is 36.6 Å². The molecule has 2 fully saturated rings. The fourth-order valence-electron chi connectivity index (χ4n) is 4.97. The predicted octanol–water partition coefficient (Wildman–Crippen LogP) is 4.09. The topological polar surface area (TPSA) is 97.1 Å². The van der Waals surface area contributed by atoms with E-state index in [9.17, 15) is 9.59 Å². The molecule has 2 heterocycles. The lowest BCUT2D eigenvalue weighted by Crippen LogP contribution is -2.40. The van der Waals surface area contributed by atoms with Crippen LogP contribution in [0.4, 0.5) is 16.2 Å². The van der Waals surface area contributed by atoms with Crippen LogP contribution in [-0.4, -0.2) is 55.9 Å². The maximum atomic E-state index is 13.1. The Balaban J connectivity index is 1.39. The Morgan fingerprint density at radius 1 is 1.11 bits per heavy atom. The highest BCUT2D eigenvalue weighted by Gasteiger charge is 2.40. The Kier molecular flexibility index (Phi) is 6.67. The van der Waals surface area contributed by atoms with E-state index in [1.807, 2.05) is 61.2 Å². The summed E-state index contributed by atoms with van der Waals surface area (Å²) >= 11 is 0. The minimum Gasteiger partial charge on any atom is -0.447 e. The molecule has 2 aromatic carbocycles. The fourth-order valence-corrected chi connectivity index (χ4v) is 4.97. The van der Waals surface area contributed by atoms with E-state index in [2.05, 4.69) is 10.2 Å². The predicted molar refractivity (Wildman–Crippen MR) is 135 cm³/mol. The monoisotopic (exact) mass is 478 g/mol. The van der Waals surface area contributed by atoms with Crippen molar-refractivity contribution < 1.29 is 19.1 Å². The molecule has 8 nitrogen and oxygen atoms in total. The van der Waals surface area contributed by atoms with Crippen molar-refractivity contribution in [1.82, 2.24) is 4.90 Å². The maximum Gasteiger partial charge on any atom is 0.411 e. The number of ether oxygens (including phenoxy) is 2. The lowest BCUT2D eigenvalue weighted by molar-refractivity contribution is 0.0303. The Hall–Kier alpha value is -3.10. The first-order chi connectivity index (χ1) is 16.9. The van der Waals surface area contributed by atoms with Crippen molar-refractivity contribution in [2.24, 2.45) is 11.7 Å². The van der Waals surface area contributed by atoms with Crippen LogP contribution in [0.15, 0.2) is 42.5 Å². The summed E-state index contributed by atoms with van der Waals surface area (Å²) in [5.41, 5.74) is 11.4. The number of nitrogens with zero attached hydrogens (tertiary/aromatic N) is 2. The summed E-state index contributed by atoms with van der Waals surface area (Å²) in [7, 11) is 0. The average Bonchev–Trinajstić information content (AvgIpc) is 3.63. The quantitative estimate of drug-likeness (QED) is 0.649. The molecule has 1 aliphatic carbocycles. The number of rotatable bonds is 6. The van der Waals surface area contributed by atoms with Gasteiger partial charge in [-0.1, -0.05) is 18.2 Å². The van der Waals surface area contributed by atoms with Crippen molar-refractivity contribution in [3.63, 3.8) is 0 Å². The first kappa shape index (κ1) is 23.6. The summed E-state index contributed by atoms with van der Waals surface area (Å²) < 4.78 is 10.6. The third-order valence-electron chi connectivity index (χ3n) is 6.91. The van der Waals surface area contributed by atoms with E-state index in [0.29, 0.717) is 43.5 Å². The molecule has 186 valence electrons. The van der Waals surface area contributed by atoms with Crippen LogP contribution in [0.5, 0.6) is 0 Å². The van der Waals surface area contributed by atoms with Crippen LogP contribution in [0.2, 0.25) is 0 Å². The van der Waals surface area contributed by atoms with E-state index in [0.717, 1.165) is 23.4 Å². The van der Waals surface area contributed by atoms with Gasteiger partial charge in [0.2, 0.25) is 0 Å². The van der Waals surface area contributed by atoms with Crippen LogP contribution in [0.25, 0.3) is 0 Å². The number of morpholine rings is 1. The average molecular weight is 479 g/mol. The first-order valence-electron chi connectivity index (χ1n) is 12.5. The van der Waals surface area contributed by atoms with Crippen LogP contribution < -0.4 is 16.0 Å². The SMILES string of the molecule is CC(C)OC(=O)Nc1ccc(C2C(N)c3ccc(C(=O)N4CCOCC4)cc3N2CC2CC2)cc1. The normalized spacial score (nSPS) is 21.7. The number of anilines is 2. The van der Waals surface area contributed by atoms with Crippen molar-refractivity contribution >= 4 is 23.4 Å². The van der Waals surface area contributed by atoms with Crippen LogP contribution in [-0.2, 0) is 9.47 Å². The van der Waals surface area contributed by atoms with Gasteiger partial charge in [0.25, 0.3) is 5.91 Å². The molecule has 3 N–H and O–H groups in total. The van der Waals surface area contributed by atoms with E-state index in [1.165, 1.54) is 12.8 Å². The highest BCUT2D eigenvalue weighted by Crippen LogP contribution is 2.49. The Labute approximate surface area is 206 Å². The highest BCUT2D eigenvalue weighted by molar-refractivity contribution is 5.96. The number of carbonyl (C=O) groups is 2. The van der Waals surface area contributed by atoms with Crippen molar-refractivity contribution in [3.05, 3.63) is 59.2 Å². The fraction of sp³-hybridized carbons (Fsp3) is 0.481. The van der Waals surface area contributed by atoms with Crippen molar-refractivity contribution in [3.8, 4) is 0 Å². The molecule has 0 bridgehead atoms. The molecule has 35 heavy (non-hydrogen) atoms. The summed E-state index contributed by atoms with van der Waals surface area (Å²) in [5, 5.41) is 2.77. The third-order valence-corrected chi connectivity index (χ3v) is 6.91. The zero-order chi connectivity index (χ0) is 24.5. The van der Waals surface area contributed by atoms with Gasteiger partial charge < -0.3 is 25.0 Å². The van der Waals surface area contributed by atoms with Gasteiger partial charge >= 0.3 is 6.09 Å². The molecule has 2 amide bonds. The molecule has 0 aromatic heterocycles. The molecule has 2 atom stereocenters. The smallest absolute Gasteiger partial charge is 0.411 e. The molecular weight excluding hydrogens is 444 g/mol. The van der Waals surface area contributed by atoms with E-state index in [1.54, 1.807) is 0 Å². The molecule has 5 rings (SSSR count). The van der Waals surface area contributed by atoms with Gasteiger partial charge in [0.15, 0.2) is 0 Å². The maximum absolute atomic E-state index is 13.1. The number of nitrogens with two attached hydrogens (primary N) is 1. The van der Waals surface area contributed by atoms with Crippen LogP contribution >= 0.6 is 0 Å². The van der Waals surface area contributed by atoms with Gasteiger partial charge in [-0.15, -0.1) is 0 Å². The van der Waals surface area contributed by atoms with Crippen LogP contribution in [0.3, 0.4) is 0 Å². The first-order valence-corrected chi connectivity index (χ1v) is 12.5. The van der Waals surface area contributed by atoms with Crippen LogP contribution in [0, 0.1) is 5.92 Å². The number of carbonyl (C=O) groups excluding carboxylic acids is 2. The number of hydrogen-bond acceptors (Lipinski definition) is 6. The van der Waals surface area contributed by atoms with Gasteiger partial charge in [-0.2, -0.15) is 0 Å². The molecule has 2 aliphatic heterocycles. The Morgan fingerprint density at radius 3 is 2.49 bits per heavy atom. The summed E-state index contributed by atoms with van der Waals surface area (Å²) in [4.78, 5) is 29.3. The summed E-state index contributed by atoms with van der Waals surface area (Å²) in [6, 6.07) is 13.5. The summed E-state index contributed by atoms with van der Waals surface area (Å²) in [6.45, 7) is 6.95. The molecule has 1 saturated carbocycles. The van der Waals surface area contributed by atoms with Gasteiger partial charge in [-0.25, -0.2) is 4.79 Å². The number of nitrogens with one attached hydrogen (secondary N) is 1. The molecule has 8 heteroatoms. The summed E-state index contributed by atoms with van der Waals surface area (Å²) in [5.74, 6) is 0.698. The summed E-state index contributed by atoms with van der Waals surface area (Å²) in [6.07, 6.45) is 1.80. The van der Waals surface area contributed by atoms with E-state index in [-0.39, 0.29) is 24.1 Å². The standard InChI is InChI=1S/C27H34N4O4/c1-17(2)35-27(33)29-21-8-5-19(6-9-21)25-24(28)22-10-7-20(26(32)30-11-13-34-14-12-30)15-23(22)31(25)16-18-3-4-18/h5-10,15,17-18,24-25H,3-4,11-14,16,28H2,1-2H3,(H,29,33). The Morgan fingerprint density at radius 2 is 1.83 bits per heavy atom. The lowest BCUT2D eigenvalue weighted by atomic mass is 9.97. The van der Waals surface area contributed by atoms with Crippen molar-refractivity contribution in [1.29, 1.82) is 0 Å². The second kappa shape index (κ2) is 9.87. The highest BCUT2D eigenvalue weighted by atomic mass is 16.6. The second-order valence-electron chi connectivity index (χ2n) is 9.95. The van der Waals surface area contributed by atoms with Gasteiger partial charge in [-0.3, -0.25) is 10.1 Å². The molecule has 0 spiro atoms. The minimum absolute atomic E-state index is 0.0315. The molecule has 2 unspecified atom stereocenters. The van der Waals surface area contributed by atoms with Crippen molar-refractivity contribution in [2.75, 3.05) is 43.1 Å². The molecule has 2 aromatic rings. The number of fused-ring (bicyclic) bond motifs is 1. The number of benzene rings is 2. The number of hydrogen-bond donors (Lipinski definition) is 2. The Bertz CT molecular complexity index is 1080. The van der Waals surface area contributed by atoms with Gasteiger partial charge in [-0.05, 0) is 68.0 Å². The largest absolute Gasteiger partial charge is 0.447 e. The van der Waals surface area contributed by atoms with E-state index in [4.69, 9.17) is 15.2 Å². The molecule has 0 radical (unpaired) electrons. The van der Waals surface area contributed by atoms with Gasteiger partial charge in [0.1, 0.15) is 0 Å². The molecule has 3 aliphatic rings. The third kappa shape index (κ3) is 5.13. The molecular formula is C27H34N4O4. The molecule has 1 saturated heterocycles. The van der Waals surface area contributed by atoms with Gasteiger partial charge in [0.05, 0.1) is 31.4 Å². The zero-order valence-corrected chi connectivity index (χ0v) is 20.4. The van der Waals surface area contributed by atoms with Crippen LogP contribution in [0.1, 0.15) is 60.3 Å². The minimum atomic E-state index is -0.467. The lowest BCUT2D eigenvalue weighted by Gasteiger charge is -2.30. The second-order valence-corrected chi connectivity index (χ2v) is 9.95. The van der Waals surface area contributed by atoms with Crippen molar-refractivity contribution in [2.45, 2.75) is 44.9 Å². The van der Waals surface area contributed by atoms with E-state index < -0.39 is 6.09 Å². The zero-order valence-electron chi connectivity index (χ0n) is 20.4.